The van der Waals surface area contributed by atoms with Gasteiger partial charge in [0.15, 0.2) is 11.5 Å². The van der Waals surface area contributed by atoms with E-state index >= 15 is 0 Å². The zero-order chi connectivity index (χ0) is 16.7. The number of hydrogen-bond acceptors (Lipinski definition) is 4. The third-order valence-electron chi connectivity index (χ3n) is 3.17. The number of ether oxygens (including phenoxy) is 2. The third kappa shape index (κ3) is 5.03. The smallest absolute Gasteiger partial charge is 0.320 e. The molecule has 1 N–H and O–H groups in total. The van der Waals surface area contributed by atoms with Gasteiger partial charge in [0, 0.05) is 6.54 Å². The van der Waals surface area contributed by atoms with Gasteiger partial charge in [0.1, 0.15) is 12.6 Å². The van der Waals surface area contributed by atoms with Gasteiger partial charge in [-0.3, -0.25) is 9.69 Å². The Labute approximate surface area is 139 Å². The van der Waals surface area contributed by atoms with Crippen molar-refractivity contribution in [2.24, 2.45) is 0 Å². The monoisotopic (exact) mass is 371 g/mol. The second-order valence-electron chi connectivity index (χ2n) is 4.87. The van der Waals surface area contributed by atoms with Crippen LogP contribution in [0.1, 0.15) is 19.4 Å². The van der Waals surface area contributed by atoms with Gasteiger partial charge in [-0.15, -0.1) is 0 Å². The van der Waals surface area contributed by atoms with Gasteiger partial charge < -0.3 is 14.6 Å². The van der Waals surface area contributed by atoms with Crippen molar-refractivity contribution in [2.75, 3.05) is 20.3 Å². The highest BCUT2D eigenvalue weighted by atomic mass is 79.9. The average Bonchev–Trinajstić information content (AvgIpc) is 2.45. The summed E-state index contributed by atoms with van der Waals surface area (Å²) in [5.41, 5.74) is 0.942. The molecule has 0 aliphatic heterocycles. The summed E-state index contributed by atoms with van der Waals surface area (Å²) in [5.74, 6) is 0.405. The van der Waals surface area contributed by atoms with E-state index in [9.17, 15) is 4.79 Å². The van der Waals surface area contributed by atoms with Crippen LogP contribution in [-0.4, -0.2) is 42.3 Å². The summed E-state index contributed by atoms with van der Waals surface area (Å²) in [6, 6.07) is 3.22. The minimum absolute atomic E-state index is 0.383. The first-order valence-corrected chi connectivity index (χ1v) is 7.81. The summed E-state index contributed by atoms with van der Waals surface area (Å²) in [5, 5.41) is 9.06. The maximum Gasteiger partial charge on any atom is 0.320 e. The van der Waals surface area contributed by atoms with E-state index in [-0.39, 0.29) is 0 Å². The lowest BCUT2D eigenvalue weighted by Crippen LogP contribution is -2.35. The van der Waals surface area contributed by atoms with Crippen molar-refractivity contribution in [3.8, 4) is 11.5 Å². The molecule has 1 aromatic rings. The van der Waals surface area contributed by atoms with E-state index in [2.05, 4.69) is 22.5 Å². The molecule has 22 heavy (non-hydrogen) atoms. The Balaban J connectivity index is 3.02. The quantitative estimate of drug-likeness (QED) is 0.674. The molecule has 0 spiro atoms. The Bertz CT molecular complexity index is 533. The SMILES string of the molecule is C=CCOc1c(Br)cc(CN(C)C(C)C(=O)O)cc1OCC. The van der Waals surface area contributed by atoms with Gasteiger partial charge in [-0.05, 0) is 54.5 Å². The number of nitrogens with zero attached hydrogens (tertiary/aromatic N) is 1. The van der Waals surface area contributed by atoms with E-state index in [1.165, 1.54) is 0 Å². The molecule has 0 aliphatic rings. The van der Waals surface area contributed by atoms with Crippen molar-refractivity contribution >= 4 is 21.9 Å². The number of rotatable bonds is 9. The molecule has 0 saturated carbocycles. The van der Waals surface area contributed by atoms with E-state index in [1.54, 1.807) is 24.9 Å². The Hall–Kier alpha value is -1.53. The maximum atomic E-state index is 11.0. The van der Waals surface area contributed by atoms with E-state index in [4.69, 9.17) is 14.6 Å². The summed E-state index contributed by atoms with van der Waals surface area (Å²) >= 11 is 3.48. The molecule has 122 valence electrons. The molecule has 1 atom stereocenters. The molecule has 1 rings (SSSR count). The van der Waals surface area contributed by atoms with Gasteiger partial charge in [-0.2, -0.15) is 0 Å². The minimum atomic E-state index is -0.850. The molecule has 0 radical (unpaired) electrons. The number of carbonyl (C=O) groups is 1. The fourth-order valence-electron chi connectivity index (χ4n) is 1.87. The van der Waals surface area contributed by atoms with Gasteiger partial charge in [-0.25, -0.2) is 0 Å². The lowest BCUT2D eigenvalue weighted by Gasteiger charge is -2.22. The summed E-state index contributed by atoms with van der Waals surface area (Å²) in [4.78, 5) is 12.8. The van der Waals surface area contributed by atoms with Crippen LogP contribution in [-0.2, 0) is 11.3 Å². The number of halogens is 1. The first-order chi connectivity index (χ1) is 10.4. The maximum absolute atomic E-state index is 11.0. The fraction of sp³-hybridized carbons (Fsp3) is 0.438. The summed E-state index contributed by atoms with van der Waals surface area (Å²) in [6.45, 7) is 8.58. The molecule has 0 bridgehead atoms. The van der Waals surface area contributed by atoms with Crippen LogP contribution in [0, 0.1) is 0 Å². The Morgan fingerprint density at radius 2 is 2.18 bits per heavy atom. The molecule has 0 saturated heterocycles. The summed E-state index contributed by atoms with van der Waals surface area (Å²) in [7, 11) is 1.77. The molecule has 1 unspecified atom stereocenters. The zero-order valence-corrected chi connectivity index (χ0v) is 14.7. The number of carboxylic acids is 1. The topological polar surface area (TPSA) is 59.0 Å². The van der Waals surface area contributed by atoms with E-state index < -0.39 is 12.0 Å². The molecule has 0 fully saturated rings. The summed E-state index contributed by atoms with van der Waals surface area (Å²) in [6.07, 6.45) is 1.67. The average molecular weight is 372 g/mol. The predicted octanol–water partition coefficient (Wildman–Crippen LogP) is 3.32. The molecular formula is C16H22BrNO4. The van der Waals surface area contributed by atoms with Crippen LogP contribution >= 0.6 is 15.9 Å². The van der Waals surface area contributed by atoms with Crippen molar-refractivity contribution in [2.45, 2.75) is 26.4 Å². The molecule has 0 amide bonds. The number of likely N-dealkylation sites (N-methyl/N-ethyl adjacent to an activating group) is 1. The highest BCUT2D eigenvalue weighted by Crippen LogP contribution is 2.37. The molecule has 1 aromatic carbocycles. The highest BCUT2D eigenvalue weighted by Gasteiger charge is 2.18. The van der Waals surface area contributed by atoms with E-state index in [0.29, 0.717) is 31.3 Å². The predicted molar refractivity (Wildman–Crippen MR) is 89.6 cm³/mol. The first kappa shape index (κ1) is 18.5. The molecule has 6 heteroatoms. The van der Waals surface area contributed by atoms with Crippen LogP contribution in [0.3, 0.4) is 0 Å². The highest BCUT2D eigenvalue weighted by molar-refractivity contribution is 9.10. The van der Waals surface area contributed by atoms with Crippen molar-refractivity contribution < 1.29 is 19.4 Å². The van der Waals surface area contributed by atoms with Crippen LogP contribution in [0.2, 0.25) is 0 Å². The van der Waals surface area contributed by atoms with Crippen LogP contribution in [0.4, 0.5) is 0 Å². The molecule has 5 nitrogen and oxygen atoms in total. The van der Waals surface area contributed by atoms with Crippen LogP contribution < -0.4 is 9.47 Å². The van der Waals surface area contributed by atoms with Gasteiger partial charge in [0.05, 0.1) is 11.1 Å². The van der Waals surface area contributed by atoms with Crippen LogP contribution in [0.15, 0.2) is 29.3 Å². The molecular weight excluding hydrogens is 350 g/mol. The van der Waals surface area contributed by atoms with Crippen LogP contribution in [0.5, 0.6) is 11.5 Å². The number of carboxylic acid groups (broad SMARTS) is 1. The largest absolute Gasteiger partial charge is 0.490 e. The first-order valence-electron chi connectivity index (χ1n) is 7.02. The van der Waals surface area contributed by atoms with Gasteiger partial charge >= 0.3 is 5.97 Å². The molecule has 0 heterocycles. The number of benzene rings is 1. The van der Waals surface area contributed by atoms with Gasteiger partial charge in [0.25, 0.3) is 0 Å². The van der Waals surface area contributed by atoms with Crippen molar-refractivity contribution in [1.29, 1.82) is 0 Å². The summed E-state index contributed by atoms with van der Waals surface area (Å²) < 4.78 is 12.0. The standard InChI is InChI=1S/C16H22BrNO4/c1-5-7-22-15-13(17)8-12(9-14(15)21-6-2)10-18(4)11(3)16(19)20/h5,8-9,11H,1,6-7,10H2,2-4H3,(H,19,20). The van der Waals surface area contributed by atoms with Gasteiger partial charge in [0.2, 0.25) is 0 Å². The fourth-order valence-corrected chi connectivity index (χ4v) is 2.48. The Kier molecular flexibility index (Phi) is 7.41. The number of aliphatic carboxylic acids is 1. The van der Waals surface area contributed by atoms with Crippen molar-refractivity contribution in [3.05, 3.63) is 34.8 Å². The Morgan fingerprint density at radius 1 is 1.50 bits per heavy atom. The van der Waals surface area contributed by atoms with E-state index in [1.807, 2.05) is 19.1 Å². The third-order valence-corrected chi connectivity index (χ3v) is 3.75. The van der Waals surface area contributed by atoms with Crippen LogP contribution in [0.25, 0.3) is 0 Å². The lowest BCUT2D eigenvalue weighted by atomic mass is 10.1. The Morgan fingerprint density at radius 3 is 2.73 bits per heavy atom. The van der Waals surface area contributed by atoms with Crippen molar-refractivity contribution in [3.63, 3.8) is 0 Å². The van der Waals surface area contributed by atoms with Gasteiger partial charge in [-0.1, -0.05) is 12.7 Å². The number of hydrogen-bond donors (Lipinski definition) is 1. The second-order valence-corrected chi connectivity index (χ2v) is 5.72. The second kappa shape index (κ2) is 8.80. The van der Waals surface area contributed by atoms with Crippen molar-refractivity contribution in [1.82, 2.24) is 4.90 Å². The normalized spacial score (nSPS) is 12.0. The molecule has 0 aromatic heterocycles. The zero-order valence-electron chi connectivity index (χ0n) is 13.1. The molecule has 0 aliphatic carbocycles. The minimum Gasteiger partial charge on any atom is -0.490 e. The lowest BCUT2D eigenvalue weighted by molar-refractivity contribution is -0.142. The van der Waals surface area contributed by atoms with E-state index in [0.717, 1.165) is 10.0 Å².